The van der Waals surface area contributed by atoms with E-state index < -0.39 is 0 Å². The maximum Gasteiger partial charge on any atom is 0.0861 e. The number of unbranched alkanes of at least 4 members (excludes halogenated alkanes) is 10. The Kier molecular flexibility index (Phi) is 18.7. The second kappa shape index (κ2) is 18.4. The normalized spacial score (nSPS) is 11.7. The van der Waals surface area contributed by atoms with Crippen LogP contribution in [0.3, 0.4) is 0 Å². The van der Waals surface area contributed by atoms with Crippen LogP contribution in [0.25, 0.3) is 0 Å². The van der Waals surface area contributed by atoms with E-state index in [-0.39, 0.29) is 0 Å². The smallest absolute Gasteiger partial charge is 0.0861 e. The number of hydrogen-bond donors (Lipinski definition) is 1. The number of nitrogens with one attached hydrogen (secondary N) is 1. The van der Waals surface area contributed by atoms with E-state index in [0.29, 0.717) is 8.96 Å². The average Bonchev–Trinajstić information content (AvgIpc) is 2.43. The fourth-order valence-corrected chi connectivity index (χ4v) is 2.73. The molecule has 0 saturated heterocycles. The molecule has 3 heteroatoms. The van der Waals surface area contributed by atoms with Gasteiger partial charge in [0.15, 0.2) is 0 Å². The zero-order valence-corrected chi connectivity index (χ0v) is 14.3. The molecule has 0 aromatic carbocycles. The van der Waals surface area contributed by atoms with Gasteiger partial charge in [-0.2, -0.15) is 0 Å². The molecule has 0 aliphatic heterocycles. The summed E-state index contributed by atoms with van der Waals surface area (Å²) in [5.41, 5.74) is 0. The maximum atomic E-state index is 5.60. The van der Waals surface area contributed by atoms with E-state index in [4.69, 9.17) is 4.52 Å². The molecule has 19 heavy (non-hydrogen) atoms. The first-order valence-electron chi connectivity index (χ1n) is 8.51. The maximum absolute atomic E-state index is 5.60. The van der Waals surface area contributed by atoms with E-state index >= 15 is 0 Å². The van der Waals surface area contributed by atoms with Crippen molar-refractivity contribution in [3.05, 3.63) is 0 Å². The van der Waals surface area contributed by atoms with E-state index in [0.717, 1.165) is 13.2 Å². The molecule has 1 N–H and O–H groups in total. The standard InChI is InChI=1S/C16H36NOP/c1-3-5-7-9-11-13-15-17-19-18-16-14-12-10-8-6-4-2/h17,19H,3-16H2,1-2H3. The minimum Gasteiger partial charge on any atom is -0.346 e. The van der Waals surface area contributed by atoms with Crippen LogP contribution in [0.1, 0.15) is 90.9 Å². The molecule has 0 aromatic rings. The topological polar surface area (TPSA) is 21.3 Å². The van der Waals surface area contributed by atoms with Crippen LogP contribution in [0.15, 0.2) is 0 Å². The Labute approximate surface area is 123 Å². The Morgan fingerprint density at radius 1 is 0.684 bits per heavy atom. The van der Waals surface area contributed by atoms with Crippen LogP contribution in [-0.4, -0.2) is 13.2 Å². The van der Waals surface area contributed by atoms with Crippen molar-refractivity contribution in [2.75, 3.05) is 13.2 Å². The van der Waals surface area contributed by atoms with Gasteiger partial charge in [0.25, 0.3) is 0 Å². The molecule has 1 atom stereocenters. The van der Waals surface area contributed by atoms with Crippen molar-refractivity contribution in [3.63, 3.8) is 0 Å². The first-order valence-corrected chi connectivity index (χ1v) is 9.42. The van der Waals surface area contributed by atoms with Gasteiger partial charge < -0.3 is 4.52 Å². The fourth-order valence-electron chi connectivity index (χ4n) is 2.10. The van der Waals surface area contributed by atoms with Crippen molar-refractivity contribution in [3.8, 4) is 0 Å². The zero-order chi connectivity index (χ0) is 14.0. The molecule has 0 rings (SSSR count). The molecule has 0 bridgehead atoms. The lowest BCUT2D eigenvalue weighted by molar-refractivity contribution is 0.340. The van der Waals surface area contributed by atoms with Gasteiger partial charge in [0.05, 0.1) is 15.6 Å². The summed E-state index contributed by atoms with van der Waals surface area (Å²) in [5.74, 6) is 0. The van der Waals surface area contributed by atoms with Crippen molar-refractivity contribution < 1.29 is 4.52 Å². The molecule has 2 nitrogen and oxygen atoms in total. The third-order valence-corrected chi connectivity index (χ3v) is 4.14. The van der Waals surface area contributed by atoms with E-state index in [2.05, 4.69) is 18.9 Å². The van der Waals surface area contributed by atoms with Crippen LogP contribution >= 0.6 is 8.96 Å². The molecule has 0 amide bonds. The highest BCUT2D eigenvalue weighted by molar-refractivity contribution is 7.29. The van der Waals surface area contributed by atoms with Gasteiger partial charge in [0.1, 0.15) is 0 Å². The Balaban J connectivity index is 2.88. The second-order valence-corrected chi connectivity index (χ2v) is 6.26. The van der Waals surface area contributed by atoms with Crippen LogP contribution in [-0.2, 0) is 4.52 Å². The Morgan fingerprint density at radius 3 is 1.84 bits per heavy atom. The Bertz CT molecular complexity index is 140. The highest BCUT2D eigenvalue weighted by Crippen LogP contribution is 2.10. The summed E-state index contributed by atoms with van der Waals surface area (Å²) in [7, 11) is 0.507. The molecule has 1 unspecified atom stereocenters. The molecule has 0 radical (unpaired) electrons. The quantitative estimate of drug-likeness (QED) is 0.285. The van der Waals surface area contributed by atoms with Crippen LogP contribution in [0.2, 0.25) is 0 Å². The summed E-state index contributed by atoms with van der Waals surface area (Å²) < 4.78 is 5.60. The van der Waals surface area contributed by atoms with Gasteiger partial charge in [0, 0.05) is 6.54 Å². The molecular formula is C16H36NOP. The molecule has 0 heterocycles. The van der Waals surface area contributed by atoms with Gasteiger partial charge in [-0.15, -0.1) is 0 Å². The van der Waals surface area contributed by atoms with Gasteiger partial charge in [-0.05, 0) is 12.8 Å². The SMILES string of the molecule is CCCCCCCCNPOCCCCCCCC. The largest absolute Gasteiger partial charge is 0.346 e. The van der Waals surface area contributed by atoms with Crippen LogP contribution < -0.4 is 5.09 Å². The third-order valence-electron chi connectivity index (χ3n) is 3.40. The lowest BCUT2D eigenvalue weighted by atomic mass is 10.1. The highest BCUT2D eigenvalue weighted by atomic mass is 31.1. The van der Waals surface area contributed by atoms with Crippen molar-refractivity contribution in [1.29, 1.82) is 0 Å². The van der Waals surface area contributed by atoms with Crippen LogP contribution in [0, 0.1) is 0 Å². The molecule has 116 valence electrons. The third kappa shape index (κ3) is 18.4. The summed E-state index contributed by atoms with van der Waals surface area (Å²) in [6.45, 7) is 6.60. The Morgan fingerprint density at radius 2 is 1.21 bits per heavy atom. The van der Waals surface area contributed by atoms with E-state index in [1.165, 1.54) is 77.0 Å². The summed E-state index contributed by atoms with van der Waals surface area (Å²) in [4.78, 5) is 0. The summed E-state index contributed by atoms with van der Waals surface area (Å²) >= 11 is 0. The van der Waals surface area contributed by atoms with Gasteiger partial charge in [-0.25, -0.2) is 0 Å². The highest BCUT2D eigenvalue weighted by Gasteiger charge is 1.92. The fraction of sp³-hybridized carbons (Fsp3) is 1.00. The monoisotopic (exact) mass is 289 g/mol. The molecule has 0 spiro atoms. The molecule has 0 aromatic heterocycles. The van der Waals surface area contributed by atoms with Crippen molar-refractivity contribution in [1.82, 2.24) is 5.09 Å². The van der Waals surface area contributed by atoms with Gasteiger partial charge in [-0.3, -0.25) is 5.09 Å². The summed E-state index contributed by atoms with van der Waals surface area (Å²) in [6.07, 6.45) is 16.3. The minimum atomic E-state index is 0.507. The van der Waals surface area contributed by atoms with E-state index in [1.807, 2.05) is 0 Å². The average molecular weight is 289 g/mol. The van der Waals surface area contributed by atoms with Gasteiger partial charge in [0.2, 0.25) is 0 Å². The second-order valence-electron chi connectivity index (χ2n) is 5.41. The summed E-state index contributed by atoms with van der Waals surface area (Å²) in [5, 5.41) is 3.39. The van der Waals surface area contributed by atoms with Crippen molar-refractivity contribution >= 4 is 8.96 Å². The predicted octanol–water partition coefficient (Wildman–Crippen LogP) is 5.82. The Hall–Kier alpha value is 0.350. The zero-order valence-electron chi connectivity index (χ0n) is 13.3. The van der Waals surface area contributed by atoms with Crippen LogP contribution in [0.4, 0.5) is 0 Å². The van der Waals surface area contributed by atoms with Crippen molar-refractivity contribution in [2.45, 2.75) is 90.9 Å². The molecule has 0 fully saturated rings. The molecule has 0 aliphatic carbocycles. The van der Waals surface area contributed by atoms with Crippen molar-refractivity contribution in [2.24, 2.45) is 0 Å². The van der Waals surface area contributed by atoms with Crippen LogP contribution in [0.5, 0.6) is 0 Å². The molecular weight excluding hydrogens is 253 g/mol. The minimum absolute atomic E-state index is 0.507. The molecule has 0 saturated carbocycles. The lowest BCUT2D eigenvalue weighted by Gasteiger charge is -2.06. The van der Waals surface area contributed by atoms with E-state index in [9.17, 15) is 0 Å². The first-order chi connectivity index (χ1) is 9.41. The number of rotatable bonds is 16. The lowest BCUT2D eigenvalue weighted by Crippen LogP contribution is -2.04. The molecule has 0 aliphatic rings. The summed E-state index contributed by atoms with van der Waals surface area (Å²) in [6, 6.07) is 0. The van der Waals surface area contributed by atoms with E-state index in [1.54, 1.807) is 0 Å². The van der Waals surface area contributed by atoms with Gasteiger partial charge >= 0.3 is 0 Å². The first kappa shape index (κ1) is 19.4. The predicted molar refractivity (Wildman–Crippen MR) is 89.0 cm³/mol. The number of hydrogen-bond acceptors (Lipinski definition) is 2. The van der Waals surface area contributed by atoms with Gasteiger partial charge in [-0.1, -0.05) is 78.1 Å².